The van der Waals surface area contributed by atoms with Crippen molar-refractivity contribution >= 4 is 29.0 Å². The number of aromatic nitrogens is 2. The number of halogens is 1. The van der Waals surface area contributed by atoms with Crippen LogP contribution in [0, 0.1) is 6.92 Å². The monoisotopic (exact) mass is 276 g/mol. The highest BCUT2D eigenvalue weighted by Crippen LogP contribution is 2.23. The molecule has 0 saturated heterocycles. The van der Waals surface area contributed by atoms with E-state index in [1.165, 1.54) is 6.20 Å². The molecule has 0 aliphatic rings. The molecule has 0 radical (unpaired) electrons. The Kier molecular flexibility index (Phi) is 3.97. The van der Waals surface area contributed by atoms with E-state index in [4.69, 9.17) is 11.6 Å². The molecule has 2 rings (SSSR count). The van der Waals surface area contributed by atoms with Gasteiger partial charge in [0.05, 0.1) is 11.3 Å². The van der Waals surface area contributed by atoms with Crippen LogP contribution in [0.25, 0.3) is 0 Å². The molecule has 0 fully saturated rings. The van der Waals surface area contributed by atoms with Gasteiger partial charge in [-0.2, -0.15) is 0 Å². The minimum absolute atomic E-state index is 0.236. The topological polar surface area (TPSA) is 66.9 Å². The molecule has 98 valence electrons. The van der Waals surface area contributed by atoms with E-state index in [-0.39, 0.29) is 5.91 Å². The van der Waals surface area contributed by atoms with E-state index in [1.54, 1.807) is 19.3 Å². The summed E-state index contributed by atoms with van der Waals surface area (Å²) >= 11 is 5.87. The fourth-order valence-electron chi connectivity index (χ4n) is 1.59. The van der Waals surface area contributed by atoms with Gasteiger partial charge in [-0.3, -0.25) is 4.79 Å². The number of nitrogens with zero attached hydrogens (tertiary/aromatic N) is 2. The normalized spacial score (nSPS) is 10.1. The summed E-state index contributed by atoms with van der Waals surface area (Å²) in [5, 5.41) is 5.97. The third kappa shape index (κ3) is 3.00. The van der Waals surface area contributed by atoms with Gasteiger partial charge < -0.3 is 10.6 Å². The van der Waals surface area contributed by atoms with Crippen LogP contribution in [-0.2, 0) is 0 Å². The molecule has 5 nitrogen and oxygen atoms in total. The Morgan fingerprint density at radius 3 is 2.84 bits per heavy atom. The molecule has 2 aromatic rings. The second-order valence-corrected chi connectivity index (χ2v) is 4.31. The smallest absolute Gasteiger partial charge is 0.254 e. The zero-order valence-electron chi connectivity index (χ0n) is 10.6. The first kappa shape index (κ1) is 13.3. The van der Waals surface area contributed by atoms with Gasteiger partial charge in [0, 0.05) is 19.4 Å². The summed E-state index contributed by atoms with van der Waals surface area (Å²) in [6.07, 6.45) is 3.11. The predicted molar refractivity (Wildman–Crippen MR) is 74.9 cm³/mol. The molecule has 0 unspecified atom stereocenters. The fourth-order valence-corrected chi connectivity index (χ4v) is 1.75. The van der Waals surface area contributed by atoms with Gasteiger partial charge in [-0.15, -0.1) is 0 Å². The summed E-state index contributed by atoms with van der Waals surface area (Å²) in [7, 11) is 1.56. The third-order valence-electron chi connectivity index (χ3n) is 2.60. The number of carbonyl (C=O) groups is 1. The molecule has 6 heteroatoms. The summed E-state index contributed by atoms with van der Waals surface area (Å²) in [5.74, 6) is 0.440. The SMILES string of the molecule is CNC(=O)c1cnc(Cl)cc1Nc1ncccc1C. The molecule has 1 amide bonds. The maximum absolute atomic E-state index is 11.8. The molecule has 19 heavy (non-hydrogen) atoms. The molecule has 0 atom stereocenters. The number of nitrogens with one attached hydrogen (secondary N) is 2. The van der Waals surface area contributed by atoms with Crippen LogP contribution in [0.2, 0.25) is 5.15 Å². The van der Waals surface area contributed by atoms with Crippen molar-refractivity contribution in [3.05, 3.63) is 46.9 Å². The number of anilines is 2. The van der Waals surface area contributed by atoms with E-state index < -0.39 is 0 Å². The van der Waals surface area contributed by atoms with Crippen molar-refractivity contribution in [2.45, 2.75) is 6.92 Å². The number of rotatable bonds is 3. The lowest BCUT2D eigenvalue weighted by Gasteiger charge is -2.12. The molecule has 0 saturated carbocycles. The van der Waals surface area contributed by atoms with E-state index in [9.17, 15) is 4.79 Å². The molecule has 2 N–H and O–H groups in total. The highest BCUT2D eigenvalue weighted by molar-refractivity contribution is 6.29. The first-order valence-electron chi connectivity index (χ1n) is 5.68. The van der Waals surface area contributed by atoms with Gasteiger partial charge in [0.1, 0.15) is 11.0 Å². The second kappa shape index (κ2) is 5.67. The van der Waals surface area contributed by atoms with Crippen molar-refractivity contribution < 1.29 is 4.79 Å². The van der Waals surface area contributed by atoms with E-state index in [0.717, 1.165) is 5.56 Å². The molecule has 0 aliphatic heterocycles. The van der Waals surface area contributed by atoms with Crippen LogP contribution in [0.3, 0.4) is 0 Å². The average Bonchev–Trinajstić information content (AvgIpc) is 2.41. The second-order valence-electron chi connectivity index (χ2n) is 3.93. The molecular weight excluding hydrogens is 264 g/mol. The van der Waals surface area contributed by atoms with Gasteiger partial charge in [-0.1, -0.05) is 17.7 Å². The first-order valence-corrected chi connectivity index (χ1v) is 6.06. The maximum atomic E-state index is 11.8. The highest BCUT2D eigenvalue weighted by atomic mass is 35.5. The van der Waals surface area contributed by atoms with Gasteiger partial charge in [-0.25, -0.2) is 9.97 Å². The van der Waals surface area contributed by atoms with Crippen molar-refractivity contribution in [3.8, 4) is 0 Å². The van der Waals surface area contributed by atoms with Crippen molar-refractivity contribution in [3.63, 3.8) is 0 Å². The van der Waals surface area contributed by atoms with Gasteiger partial charge in [-0.05, 0) is 24.6 Å². The van der Waals surface area contributed by atoms with Crippen LogP contribution in [0.1, 0.15) is 15.9 Å². The number of hydrogen-bond donors (Lipinski definition) is 2. The fraction of sp³-hybridized carbons (Fsp3) is 0.154. The van der Waals surface area contributed by atoms with Crippen LogP contribution in [0.15, 0.2) is 30.6 Å². The summed E-state index contributed by atoms with van der Waals surface area (Å²) < 4.78 is 0. The Bertz CT molecular complexity index is 615. The third-order valence-corrected chi connectivity index (χ3v) is 2.81. The van der Waals surface area contributed by atoms with Gasteiger partial charge in [0.25, 0.3) is 5.91 Å². The maximum Gasteiger partial charge on any atom is 0.254 e. The predicted octanol–water partition coefficient (Wildman–Crippen LogP) is 2.54. The van der Waals surface area contributed by atoms with Crippen molar-refractivity contribution in [1.82, 2.24) is 15.3 Å². The first-order chi connectivity index (χ1) is 9.11. The van der Waals surface area contributed by atoms with E-state index >= 15 is 0 Å². The molecular formula is C13H13ClN4O. The van der Waals surface area contributed by atoms with Crippen LogP contribution in [0.4, 0.5) is 11.5 Å². The molecule has 2 aromatic heterocycles. The molecule has 0 aromatic carbocycles. The minimum atomic E-state index is -0.236. The van der Waals surface area contributed by atoms with E-state index in [0.29, 0.717) is 22.2 Å². The number of carbonyl (C=O) groups excluding carboxylic acids is 1. The average molecular weight is 277 g/mol. The van der Waals surface area contributed by atoms with Crippen molar-refractivity contribution in [2.24, 2.45) is 0 Å². The number of aryl methyl sites for hydroxylation is 1. The van der Waals surface area contributed by atoms with Crippen LogP contribution < -0.4 is 10.6 Å². The molecule has 0 aliphatic carbocycles. The lowest BCUT2D eigenvalue weighted by molar-refractivity contribution is 0.0963. The van der Waals surface area contributed by atoms with Crippen molar-refractivity contribution in [2.75, 3.05) is 12.4 Å². The summed E-state index contributed by atoms with van der Waals surface area (Å²) in [5.41, 5.74) is 1.95. The van der Waals surface area contributed by atoms with Crippen LogP contribution >= 0.6 is 11.6 Å². The zero-order valence-corrected chi connectivity index (χ0v) is 11.3. The molecule has 2 heterocycles. The van der Waals surface area contributed by atoms with E-state index in [1.807, 2.05) is 19.1 Å². The molecule has 0 bridgehead atoms. The summed E-state index contributed by atoms with van der Waals surface area (Å²) in [4.78, 5) is 19.9. The van der Waals surface area contributed by atoms with E-state index in [2.05, 4.69) is 20.6 Å². The van der Waals surface area contributed by atoms with Gasteiger partial charge in [0.2, 0.25) is 0 Å². The Hall–Kier alpha value is -2.14. The Labute approximate surface area is 116 Å². The molecule has 0 spiro atoms. The Morgan fingerprint density at radius 2 is 2.16 bits per heavy atom. The van der Waals surface area contributed by atoms with Gasteiger partial charge in [0.15, 0.2) is 0 Å². The Balaban J connectivity index is 2.41. The number of amides is 1. The Morgan fingerprint density at radius 1 is 1.37 bits per heavy atom. The number of hydrogen-bond acceptors (Lipinski definition) is 4. The minimum Gasteiger partial charge on any atom is -0.355 e. The lowest BCUT2D eigenvalue weighted by Crippen LogP contribution is -2.19. The largest absolute Gasteiger partial charge is 0.355 e. The zero-order chi connectivity index (χ0) is 13.8. The van der Waals surface area contributed by atoms with Crippen molar-refractivity contribution in [1.29, 1.82) is 0 Å². The summed E-state index contributed by atoms with van der Waals surface area (Å²) in [6, 6.07) is 5.37. The summed E-state index contributed by atoms with van der Waals surface area (Å²) in [6.45, 7) is 1.93. The number of pyridine rings is 2. The standard InChI is InChI=1S/C13H13ClN4O/c1-8-4-3-5-16-12(8)18-10-6-11(14)17-7-9(10)13(19)15-2/h3-7H,1-2H3,(H,15,19)(H,16,17,18). The van der Waals surface area contributed by atoms with Crippen LogP contribution in [0.5, 0.6) is 0 Å². The van der Waals surface area contributed by atoms with Crippen LogP contribution in [-0.4, -0.2) is 22.9 Å². The lowest BCUT2D eigenvalue weighted by atomic mass is 10.2. The highest BCUT2D eigenvalue weighted by Gasteiger charge is 2.12. The van der Waals surface area contributed by atoms with Gasteiger partial charge >= 0.3 is 0 Å². The quantitative estimate of drug-likeness (QED) is 0.846.